The van der Waals surface area contributed by atoms with Gasteiger partial charge in [0, 0.05) is 10.0 Å². The molecular weight excluding hydrogens is 326 g/mol. The van der Waals surface area contributed by atoms with Crippen molar-refractivity contribution in [1.29, 1.82) is 0 Å². The highest BCUT2D eigenvalue weighted by molar-refractivity contribution is 9.10. The van der Waals surface area contributed by atoms with Crippen LogP contribution >= 0.6 is 52.1 Å². The predicted molar refractivity (Wildman–Crippen MR) is 79.7 cm³/mol. The number of phenolic OH excluding ortho intramolecular Hbond substituents is 1. The molecule has 0 aromatic heterocycles. The van der Waals surface area contributed by atoms with E-state index in [9.17, 15) is 5.11 Å². The summed E-state index contributed by atoms with van der Waals surface area (Å²) in [6.07, 6.45) is 1.82. The van der Waals surface area contributed by atoms with Crippen molar-refractivity contribution in [3.8, 4) is 5.75 Å². The van der Waals surface area contributed by atoms with Crippen molar-refractivity contribution >= 4 is 67.5 Å². The summed E-state index contributed by atoms with van der Waals surface area (Å²) in [5.74, 6) is 0.219. The van der Waals surface area contributed by atoms with Gasteiger partial charge in [-0.1, -0.05) is 52.1 Å². The van der Waals surface area contributed by atoms with E-state index in [2.05, 4.69) is 21.2 Å². The van der Waals surface area contributed by atoms with Gasteiger partial charge in [0.15, 0.2) is 0 Å². The number of hydrogen-bond acceptors (Lipinski definition) is 4. The Morgan fingerprint density at radius 1 is 1.38 bits per heavy atom. The summed E-state index contributed by atoms with van der Waals surface area (Å²) in [4.78, 5) is 1.46. The molecule has 0 radical (unpaired) electrons. The molecule has 0 aliphatic carbocycles. The van der Waals surface area contributed by atoms with Gasteiger partial charge in [0.1, 0.15) is 15.1 Å². The number of nitrogens with one attached hydrogen (secondary N) is 1. The molecule has 0 amide bonds. The number of thiocarbonyl (C=S) groups is 2. The van der Waals surface area contributed by atoms with Crippen LogP contribution in [0.15, 0.2) is 27.6 Å². The highest BCUT2D eigenvalue weighted by atomic mass is 79.9. The first-order valence-electron chi connectivity index (χ1n) is 4.29. The van der Waals surface area contributed by atoms with E-state index >= 15 is 0 Å². The van der Waals surface area contributed by atoms with Crippen molar-refractivity contribution in [3.05, 3.63) is 33.1 Å². The lowest BCUT2D eigenvalue weighted by Gasteiger charge is -2.01. The maximum atomic E-state index is 9.68. The summed E-state index contributed by atoms with van der Waals surface area (Å²) in [5.41, 5.74) is 0.714. The zero-order chi connectivity index (χ0) is 11.7. The first-order valence-corrected chi connectivity index (χ1v) is 6.72. The molecule has 1 fully saturated rings. The standard InChI is InChI=1S/C10H6BrNOS3/c11-6-1-2-7(13)5(3-6)4-8-9(14)12-10(15)16-8/h1-4,13H,(H,12,14,15)/b8-4-. The molecule has 1 saturated heterocycles. The predicted octanol–water partition coefficient (Wildman–Crippen LogP) is 3.44. The van der Waals surface area contributed by atoms with Crippen LogP contribution in [0.4, 0.5) is 0 Å². The van der Waals surface area contributed by atoms with E-state index < -0.39 is 0 Å². The topological polar surface area (TPSA) is 32.3 Å². The van der Waals surface area contributed by atoms with Crippen molar-refractivity contribution in [1.82, 2.24) is 5.32 Å². The van der Waals surface area contributed by atoms with Crippen molar-refractivity contribution < 1.29 is 5.11 Å². The number of hydrogen-bond donors (Lipinski definition) is 2. The molecule has 1 aliphatic rings. The normalized spacial score (nSPS) is 17.9. The Morgan fingerprint density at radius 3 is 2.75 bits per heavy atom. The van der Waals surface area contributed by atoms with Gasteiger partial charge in [0.25, 0.3) is 0 Å². The van der Waals surface area contributed by atoms with Gasteiger partial charge in [-0.05, 0) is 24.3 Å². The molecule has 16 heavy (non-hydrogen) atoms. The first-order chi connectivity index (χ1) is 7.56. The van der Waals surface area contributed by atoms with Gasteiger partial charge < -0.3 is 10.4 Å². The van der Waals surface area contributed by atoms with E-state index in [0.29, 0.717) is 14.9 Å². The van der Waals surface area contributed by atoms with Gasteiger partial charge in [-0.25, -0.2) is 0 Å². The number of rotatable bonds is 1. The molecule has 0 unspecified atom stereocenters. The van der Waals surface area contributed by atoms with Crippen LogP contribution in [0.1, 0.15) is 5.56 Å². The lowest BCUT2D eigenvalue weighted by atomic mass is 10.2. The van der Waals surface area contributed by atoms with Crippen molar-refractivity contribution in [2.24, 2.45) is 0 Å². The third-order valence-electron chi connectivity index (χ3n) is 1.92. The zero-order valence-electron chi connectivity index (χ0n) is 7.86. The van der Waals surface area contributed by atoms with E-state index in [1.54, 1.807) is 12.1 Å². The van der Waals surface area contributed by atoms with Crippen LogP contribution in [0.3, 0.4) is 0 Å². The largest absolute Gasteiger partial charge is 0.507 e. The van der Waals surface area contributed by atoms with E-state index in [1.807, 2.05) is 12.1 Å². The summed E-state index contributed by atoms with van der Waals surface area (Å²) in [6.45, 7) is 0. The summed E-state index contributed by atoms with van der Waals surface area (Å²) in [5, 5.41) is 12.6. The Bertz CT molecular complexity index is 513. The smallest absolute Gasteiger partial charge is 0.143 e. The van der Waals surface area contributed by atoms with Crippen LogP contribution in [-0.4, -0.2) is 14.4 Å². The SMILES string of the molecule is Oc1ccc(Br)cc1/C=C1\SC(=S)NC1=S. The van der Waals surface area contributed by atoms with Crippen molar-refractivity contribution in [2.45, 2.75) is 0 Å². The van der Waals surface area contributed by atoms with Crippen LogP contribution in [0.5, 0.6) is 5.75 Å². The van der Waals surface area contributed by atoms with Crippen LogP contribution in [0.25, 0.3) is 6.08 Å². The highest BCUT2D eigenvalue weighted by Gasteiger charge is 2.18. The lowest BCUT2D eigenvalue weighted by molar-refractivity contribution is 0.474. The van der Waals surface area contributed by atoms with Crippen molar-refractivity contribution in [2.75, 3.05) is 0 Å². The molecule has 2 N–H and O–H groups in total. The van der Waals surface area contributed by atoms with E-state index in [-0.39, 0.29) is 5.75 Å². The second kappa shape index (κ2) is 4.83. The van der Waals surface area contributed by atoms with Gasteiger partial charge in [0.05, 0.1) is 4.91 Å². The fourth-order valence-electron chi connectivity index (χ4n) is 1.20. The molecular formula is C10H6BrNOS3. The van der Waals surface area contributed by atoms with Crippen LogP contribution < -0.4 is 5.32 Å². The Balaban J connectivity index is 2.39. The monoisotopic (exact) mass is 331 g/mol. The minimum Gasteiger partial charge on any atom is -0.507 e. The molecule has 0 atom stereocenters. The molecule has 1 aliphatic heterocycles. The summed E-state index contributed by atoms with van der Waals surface area (Å²) in [7, 11) is 0. The third-order valence-corrected chi connectivity index (χ3v) is 4.04. The molecule has 2 nitrogen and oxygen atoms in total. The summed E-state index contributed by atoms with van der Waals surface area (Å²) < 4.78 is 1.55. The van der Waals surface area contributed by atoms with Gasteiger partial charge in [-0.2, -0.15) is 0 Å². The molecule has 1 aromatic carbocycles. The fraction of sp³-hybridized carbons (Fsp3) is 0. The lowest BCUT2D eigenvalue weighted by Crippen LogP contribution is -2.15. The first kappa shape index (κ1) is 12.0. The van der Waals surface area contributed by atoms with E-state index in [4.69, 9.17) is 24.4 Å². The fourth-order valence-corrected chi connectivity index (χ4v) is 3.05. The van der Waals surface area contributed by atoms with Crippen LogP contribution in [0.2, 0.25) is 0 Å². The molecule has 0 bridgehead atoms. The Kier molecular flexibility index (Phi) is 3.63. The molecule has 1 aromatic rings. The summed E-state index contributed by atoms with van der Waals surface area (Å²) >= 11 is 14.9. The minimum absolute atomic E-state index is 0.219. The number of phenols is 1. The molecule has 82 valence electrons. The zero-order valence-corrected chi connectivity index (χ0v) is 11.9. The second-order valence-corrected chi connectivity index (χ2v) is 6.10. The molecule has 2 rings (SSSR count). The molecule has 0 spiro atoms. The van der Waals surface area contributed by atoms with Gasteiger partial charge in [-0.3, -0.25) is 0 Å². The van der Waals surface area contributed by atoms with Crippen molar-refractivity contribution in [3.63, 3.8) is 0 Å². The number of halogens is 1. The maximum absolute atomic E-state index is 9.68. The third kappa shape index (κ3) is 2.63. The van der Waals surface area contributed by atoms with Gasteiger partial charge >= 0.3 is 0 Å². The molecule has 6 heteroatoms. The molecule has 1 heterocycles. The van der Waals surface area contributed by atoms with E-state index in [1.165, 1.54) is 11.8 Å². The average molecular weight is 332 g/mol. The highest BCUT2D eigenvalue weighted by Crippen LogP contribution is 2.30. The average Bonchev–Trinajstić information content (AvgIpc) is 2.51. The summed E-state index contributed by atoms with van der Waals surface area (Å²) in [6, 6.07) is 5.23. The number of thioether (sulfide) groups is 1. The number of benzene rings is 1. The quantitative estimate of drug-likeness (QED) is 0.608. The molecule has 0 saturated carbocycles. The maximum Gasteiger partial charge on any atom is 0.143 e. The minimum atomic E-state index is 0.219. The van der Waals surface area contributed by atoms with Crippen LogP contribution in [0, 0.1) is 0 Å². The second-order valence-electron chi connectivity index (χ2n) is 3.06. The Labute approximate surface area is 116 Å². The Morgan fingerprint density at radius 2 is 2.12 bits per heavy atom. The Hall–Kier alpha value is -0.430. The van der Waals surface area contributed by atoms with E-state index in [0.717, 1.165) is 9.38 Å². The van der Waals surface area contributed by atoms with Gasteiger partial charge in [0.2, 0.25) is 0 Å². The number of aromatic hydroxyl groups is 1. The van der Waals surface area contributed by atoms with Crippen LogP contribution in [-0.2, 0) is 0 Å². The van der Waals surface area contributed by atoms with Gasteiger partial charge in [-0.15, -0.1) is 0 Å².